The van der Waals surface area contributed by atoms with Gasteiger partial charge in [-0.2, -0.15) is 0 Å². The molecule has 1 saturated carbocycles. The van der Waals surface area contributed by atoms with Gasteiger partial charge in [0.25, 0.3) is 0 Å². The van der Waals surface area contributed by atoms with Crippen LogP contribution in [-0.4, -0.2) is 9.97 Å². The quantitative estimate of drug-likeness (QED) is 0.633. The first-order chi connectivity index (χ1) is 8.90. The molecule has 4 nitrogen and oxygen atoms in total. The Balaban J connectivity index is 2.29. The Labute approximate surface area is 116 Å². The second-order valence-corrected chi connectivity index (χ2v) is 6.85. The van der Waals surface area contributed by atoms with Crippen molar-refractivity contribution < 1.29 is 0 Å². The molecule has 0 saturated heterocycles. The lowest BCUT2D eigenvalue weighted by Gasteiger charge is -2.27. The number of nitrogens with zero attached hydrogens (tertiary/aromatic N) is 2. The molecule has 1 heterocycles. The van der Waals surface area contributed by atoms with E-state index in [0.29, 0.717) is 5.92 Å². The van der Waals surface area contributed by atoms with Gasteiger partial charge in [0.15, 0.2) is 0 Å². The van der Waals surface area contributed by atoms with E-state index in [1.807, 2.05) is 6.07 Å². The van der Waals surface area contributed by atoms with Crippen molar-refractivity contribution in [2.24, 2.45) is 11.8 Å². The Kier molecular flexibility index (Phi) is 4.09. The van der Waals surface area contributed by atoms with Crippen molar-refractivity contribution >= 4 is 5.82 Å². The van der Waals surface area contributed by atoms with Crippen LogP contribution in [0.5, 0.6) is 0 Å². The molecule has 0 aliphatic heterocycles. The van der Waals surface area contributed by atoms with Gasteiger partial charge in [-0.05, 0) is 18.8 Å². The summed E-state index contributed by atoms with van der Waals surface area (Å²) >= 11 is 0. The van der Waals surface area contributed by atoms with E-state index in [2.05, 4.69) is 38.1 Å². The zero-order chi connectivity index (χ0) is 14.0. The molecule has 0 unspecified atom stereocenters. The van der Waals surface area contributed by atoms with Crippen molar-refractivity contribution in [3.8, 4) is 0 Å². The molecule has 0 atom stereocenters. The summed E-state index contributed by atoms with van der Waals surface area (Å²) in [5.74, 6) is 8.57. The lowest BCUT2D eigenvalue weighted by Crippen LogP contribution is -2.21. The maximum atomic E-state index is 5.54. The zero-order valence-corrected chi connectivity index (χ0v) is 12.5. The van der Waals surface area contributed by atoms with E-state index >= 15 is 0 Å². The minimum atomic E-state index is 0.0191. The Hall–Kier alpha value is -1.16. The number of anilines is 1. The normalized spacial score (nSPS) is 24.3. The molecule has 106 valence electrons. The van der Waals surface area contributed by atoms with Crippen LogP contribution in [0.3, 0.4) is 0 Å². The predicted octanol–water partition coefficient (Wildman–Crippen LogP) is 3.35. The first-order valence-corrected chi connectivity index (χ1v) is 7.26. The van der Waals surface area contributed by atoms with Crippen molar-refractivity contribution in [1.29, 1.82) is 0 Å². The summed E-state index contributed by atoms with van der Waals surface area (Å²) in [4.78, 5) is 9.36. The molecule has 0 radical (unpaired) electrons. The molecular formula is C15H26N4. The molecule has 3 N–H and O–H groups in total. The summed E-state index contributed by atoms with van der Waals surface area (Å²) in [6.07, 6.45) is 4.94. The molecule has 0 bridgehead atoms. The van der Waals surface area contributed by atoms with Crippen LogP contribution < -0.4 is 11.3 Å². The maximum absolute atomic E-state index is 5.54. The molecule has 19 heavy (non-hydrogen) atoms. The monoisotopic (exact) mass is 262 g/mol. The lowest BCUT2D eigenvalue weighted by molar-refractivity contribution is 0.338. The van der Waals surface area contributed by atoms with E-state index in [1.54, 1.807) is 0 Å². The van der Waals surface area contributed by atoms with Gasteiger partial charge < -0.3 is 5.43 Å². The van der Waals surface area contributed by atoms with Crippen LogP contribution >= 0.6 is 0 Å². The third kappa shape index (κ3) is 3.44. The van der Waals surface area contributed by atoms with Crippen molar-refractivity contribution in [1.82, 2.24) is 9.97 Å². The fourth-order valence-electron chi connectivity index (χ4n) is 2.62. The van der Waals surface area contributed by atoms with Gasteiger partial charge in [-0.3, -0.25) is 0 Å². The smallest absolute Gasteiger partial charge is 0.143 e. The van der Waals surface area contributed by atoms with Gasteiger partial charge in [-0.25, -0.2) is 15.8 Å². The van der Waals surface area contributed by atoms with Crippen molar-refractivity contribution in [3.63, 3.8) is 0 Å². The molecule has 1 fully saturated rings. The second-order valence-electron chi connectivity index (χ2n) is 6.85. The minimum absolute atomic E-state index is 0.0191. The molecule has 1 aromatic rings. The molecule has 1 aromatic heterocycles. The van der Waals surface area contributed by atoms with Gasteiger partial charge >= 0.3 is 0 Å². The molecule has 1 aliphatic carbocycles. The summed E-state index contributed by atoms with van der Waals surface area (Å²) in [7, 11) is 0. The number of nitrogens with two attached hydrogens (primary N) is 1. The number of hydrogen-bond donors (Lipinski definition) is 2. The Morgan fingerprint density at radius 2 is 1.79 bits per heavy atom. The van der Waals surface area contributed by atoms with Crippen LogP contribution in [0.4, 0.5) is 5.82 Å². The predicted molar refractivity (Wildman–Crippen MR) is 78.9 cm³/mol. The van der Waals surface area contributed by atoms with Crippen molar-refractivity contribution in [3.05, 3.63) is 17.6 Å². The summed E-state index contributed by atoms with van der Waals surface area (Å²) < 4.78 is 0. The minimum Gasteiger partial charge on any atom is -0.308 e. The first kappa shape index (κ1) is 14.3. The third-order valence-electron chi connectivity index (χ3n) is 4.04. The first-order valence-electron chi connectivity index (χ1n) is 7.26. The standard InChI is InChI=1S/C15H26N4/c1-10-5-7-11(8-6-10)14-17-12(15(2,3)4)9-13(18-14)19-16/h9-11H,5-8,16H2,1-4H3,(H,17,18,19). The Morgan fingerprint density at radius 3 is 2.32 bits per heavy atom. The summed E-state index contributed by atoms with van der Waals surface area (Å²) in [6, 6.07) is 1.95. The van der Waals surface area contributed by atoms with Crippen molar-refractivity contribution in [2.75, 3.05) is 5.43 Å². The molecule has 2 rings (SSSR count). The van der Waals surface area contributed by atoms with Crippen LogP contribution in [0.1, 0.15) is 70.8 Å². The third-order valence-corrected chi connectivity index (χ3v) is 4.04. The van der Waals surface area contributed by atoms with Gasteiger partial charge in [-0.15, -0.1) is 0 Å². The largest absolute Gasteiger partial charge is 0.308 e. The van der Waals surface area contributed by atoms with Gasteiger partial charge in [0.05, 0.1) is 5.69 Å². The SMILES string of the molecule is CC1CCC(c2nc(NN)cc(C(C)(C)C)n2)CC1. The number of rotatable bonds is 2. The van der Waals surface area contributed by atoms with Gasteiger partial charge in [0.2, 0.25) is 0 Å². The van der Waals surface area contributed by atoms with E-state index in [-0.39, 0.29) is 5.41 Å². The fraction of sp³-hybridized carbons (Fsp3) is 0.733. The van der Waals surface area contributed by atoms with Gasteiger partial charge in [0.1, 0.15) is 11.6 Å². The number of hydrazine groups is 1. The Bertz CT molecular complexity index is 428. The van der Waals surface area contributed by atoms with E-state index in [9.17, 15) is 0 Å². The van der Waals surface area contributed by atoms with Crippen LogP contribution in [0.15, 0.2) is 6.07 Å². The highest BCUT2D eigenvalue weighted by Gasteiger charge is 2.25. The summed E-state index contributed by atoms with van der Waals surface area (Å²) in [5.41, 5.74) is 3.76. The molecular weight excluding hydrogens is 236 g/mol. The van der Waals surface area contributed by atoms with E-state index in [1.165, 1.54) is 25.7 Å². The molecule has 0 amide bonds. The number of aromatic nitrogens is 2. The van der Waals surface area contributed by atoms with Crippen molar-refractivity contribution in [2.45, 2.75) is 64.7 Å². The zero-order valence-electron chi connectivity index (χ0n) is 12.5. The topological polar surface area (TPSA) is 63.8 Å². The molecule has 0 spiro atoms. The highest BCUT2D eigenvalue weighted by Crippen LogP contribution is 2.35. The van der Waals surface area contributed by atoms with Crippen LogP contribution in [0.2, 0.25) is 0 Å². The molecule has 0 aromatic carbocycles. The van der Waals surface area contributed by atoms with E-state index < -0.39 is 0 Å². The summed E-state index contributed by atoms with van der Waals surface area (Å²) in [6.45, 7) is 8.84. The number of nitrogen functional groups attached to an aromatic ring is 1. The highest BCUT2D eigenvalue weighted by atomic mass is 15.3. The van der Waals surface area contributed by atoms with Gasteiger partial charge in [0, 0.05) is 17.4 Å². The Morgan fingerprint density at radius 1 is 1.16 bits per heavy atom. The van der Waals surface area contributed by atoms with Gasteiger partial charge in [-0.1, -0.05) is 40.5 Å². The fourth-order valence-corrected chi connectivity index (χ4v) is 2.62. The average molecular weight is 262 g/mol. The molecule has 4 heteroatoms. The van der Waals surface area contributed by atoms with E-state index in [4.69, 9.17) is 10.8 Å². The molecule has 1 aliphatic rings. The van der Waals surface area contributed by atoms with Crippen LogP contribution in [0.25, 0.3) is 0 Å². The van der Waals surface area contributed by atoms with Crippen LogP contribution in [0, 0.1) is 5.92 Å². The number of hydrogen-bond acceptors (Lipinski definition) is 4. The highest BCUT2D eigenvalue weighted by molar-refractivity contribution is 5.37. The number of nitrogens with one attached hydrogen (secondary N) is 1. The van der Waals surface area contributed by atoms with E-state index in [0.717, 1.165) is 23.3 Å². The second kappa shape index (κ2) is 5.45. The maximum Gasteiger partial charge on any atom is 0.143 e. The summed E-state index contributed by atoms with van der Waals surface area (Å²) in [5, 5.41) is 0. The van der Waals surface area contributed by atoms with Crippen LogP contribution in [-0.2, 0) is 5.41 Å². The average Bonchev–Trinajstić information content (AvgIpc) is 2.38. The lowest BCUT2D eigenvalue weighted by atomic mass is 9.82.